The zero-order chi connectivity index (χ0) is 30.8. The van der Waals surface area contributed by atoms with Crippen LogP contribution in [0.5, 0.6) is 5.75 Å². The smallest absolute Gasteiger partial charge is 0.390 e. The lowest BCUT2D eigenvalue weighted by molar-refractivity contribution is -0.130. The Kier molecular flexibility index (Phi) is 8.22. The van der Waals surface area contributed by atoms with Crippen molar-refractivity contribution in [2.75, 3.05) is 36.8 Å². The molecule has 1 aliphatic rings. The Morgan fingerprint density at radius 1 is 0.884 bits per heavy atom. The number of phenolic OH excluding ortho intramolecular Hbond substituents is 1. The second kappa shape index (κ2) is 11.9. The van der Waals surface area contributed by atoms with Crippen LogP contribution in [0.1, 0.15) is 27.3 Å². The molecule has 0 radical (unpaired) electrons. The van der Waals surface area contributed by atoms with Crippen LogP contribution < -0.4 is 9.62 Å². The Labute approximate surface area is 244 Å². The van der Waals surface area contributed by atoms with Crippen LogP contribution in [0, 0.1) is 0 Å². The lowest BCUT2D eigenvalue weighted by Crippen LogP contribution is -2.49. The van der Waals surface area contributed by atoms with E-state index in [1.54, 1.807) is 33.9 Å². The summed E-state index contributed by atoms with van der Waals surface area (Å²) in [5.41, 5.74) is 1.90. The first-order valence-electron chi connectivity index (χ1n) is 13.2. The molecule has 1 fully saturated rings. The van der Waals surface area contributed by atoms with Gasteiger partial charge in [0.1, 0.15) is 5.75 Å². The number of sulfonamides is 1. The molecule has 2 heterocycles. The van der Waals surface area contributed by atoms with Crippen LogP contribution in [-0.4, -0.2) is 78.5 Å². The van der Waals surface area contributed by atoms with Crippen LogP contribution in [0.2, 0.25) is 0 Å². The molecule has 3 aromatic carbocycles. The summed E-state index contributed by atoms with van der Waals surface area (Å²) in [6.07, 6.45) is -6.27. The number of alkyl halides is 3. The van der Waals surface area contributed by atoms with Crippen LogP contribution in [0.3, 0.4) is 0 Å². The van der Waals surface area contributed by atoms with E-state index in [-0.39, 0.29) is 17.4 Å². The first-order chi connectivity index (χ1) is 20.4. The molecule has 0 atom stereocenters. The quantitative estimate of drug-likeness (QED) is 0.320. The molecule has 1 aliphatic heterocycles. The summed E-state index contributed by atoms with van der Waals surface area (Å²) < 4.78 is 62.2. The number of amides is 2. The molecule has 14 heteroatoms. The number of hydrogen-bond donors (Lipinski definition) is 2. The van der Waals surface area contributed by atoms with E-state index in [0.29, 0.717) is 37.6 Å². The zero-order valence-corrected chi connectivity index (χ0v) is 23.4. The Morgan fingerprint density at radius 3 is 2.26 bits per heavy atom. The van der Waals surface area contributed by atoms with E-state index in [9.17, 15) is 36.3 Å². The molecule has 0 unspecified atom stereocenters. The summed E-state index contributed by atoms with van der Waals surface area (Å²) in [6, 6.07) is 20.8. The highest BCUT2D eigenvalue weighted by Gasteiger charge is 2.31. The maximum Gasteiger partial charge on any atom is 0.390 e. The molecule has 10 nitrogen and oxygen atoms in total. The van der Waals surface area contributed by atoms with Crippen LogP contribution in [-0.2, 0) is 10.0 Å². The van der Waals surface area contributed by atoms with Gasteiger partial charge in [0.25, 0.3) is 11.8 Å². The van der Waals surface area contributed by atoms with Crippen LogP contribution in [0.15, 0.2) is 72.8 Å². The van der Waals surface area contributed by atoms with E-state index in [1.807, 2.05) is 41.3 Å². The minimum Gasteiger partial charge on any atom is -0.508 e. The average molecular weight is 614 g/mol. The normalized spacial score (nSPS) is 14.1. The molecule has 4 aromatic rings. The van der Waals surface area contributed by atoms with Crippen LogP contribution >= 0.6 is 0 Å². The highest BCUT2D eigenvalue weighted by molar-refractivity contribution is 7.90. The van der Waals surface area contributed by atoms with Gasteiger partial charge in [-0.2, -0.15) is 13.2 Å². The molecule has 5 rings (SSSR count). The predicted octanol–water partition coefficient (Wildman–Crippen LogP) is 3.98. The van der Waals surface area contributed by atoms with Crippen molar-refractivity contribution >= 4 is 38.4 Å². The lowest BCUT2D eigenvalue weighted by atomic mass is 9.94. The third-order valence-corrected chi connectivity index (χ3v) is 8.23. The topological polar surface area (TPSA) is 133 Å². The number of carbonyl (C=O) groups excluding carboxylic acids is 2. The fourth-order valence-electron chi connectivity index (χ4n) is 4.83. The van der Waals surface area contributed by atoms with Crippen molar-refractivity contribution < 1.29 is 36.3 Å². The largest absolute Gasteiger partial charge is 0.508 e. The number of phenols is 1. The fourth-order valence-corrected chi connectivity index (χ4v) is 5.82. The Bertz CT molecular complexity index is 1770. The average Bonchev–Trinajstić information content (AvgIpc) is 2.99. The molecule has 2 N–H and O–H groups in total. The molecule has 2 amide bonds. The summed E-state index contributed by atoms with van der Waals surface area (Å²) in [5, 5.41) is 19.3. The van der Waals surface area contributed by atoms with Gasteiger partial charge in [0, 0.05) is 31.7 Å². The minimum absolute atomic E-state index is 0.136. The number of halogens is 3. The van der Waals surface area contributed by atoms with Gasteiger partial charge in [-0.05, 0) is 52.2 Å². The minimum atomic E-state index is -4.68. The van der Waals surface area contributed by atoms with E-state index in [0.717, 1.165) is 21.9 Å². The number of fused-ring (bicyclic) bond motifs is 1. The van der Waals surface area contributed by atoms with Gasteiger partial charge in [-0.3, -0.25) is 9.59 Å². The molecular weight excluding hydrogens is 587 g/mol. The maximum atomic E-state index is 13.6. The summed E-state index contributed by atoms with van der Waals surface area (Å²) in [5.74, 6) is -2.06. The zero-order valence-electron chi connectivity index (χ0n) is 22.6. The van der Waals surface area contributed by atoms with Crippen molar-refractivity contribution in [3.8, 4) is 16.9 Å². The van der Waals surface area contributed by atoms with Crippen molar-refractivity contribution in [3.05, 3.63) is 84.1 Å². The second-order valence-corrected chi connectivity index (χ2v) is 11.8. The number of nitrogens with zero attached hydrogens (tertiary/aromatic N) is 4. The van der Waals surface area contributed by atoms with Crippen molar-refractivity contribution in [2.24, 2.45) is 0 Å². The maximum absolute atomic E-state index is 13.6. The molecule has 0 spiro atoms. The summed E-state index contributed by atoms with van der Waals surface area (Å²) in [4.78, 5) is 29.3. The van der Waals surface area contributed by atoms with E-state index < -0.39 is 34.3 Å². The van der Waals surface area contributed by atoms with Gasteiger partial charge in [-0.25, -0.2) is 13.1 Å². The van der Waals surface area contributed by atoms with Gasteiger partial charge >= 0.3 is 6.18 Å². The monoisotopic (exact) mass is 613 g/mol. The van der Waals surface area contributed by atoms with Gasteiger partial charge < -0.3 is 14.9 Å². The van der Waals surface area contributed by atoms with Gasteiger partial charge in [0.2, 0.25) is 10.0 Å². The summed E-state index contributed by atoms with van der Waals surface area (Å²) in [7, 11) is -4.51. The SMILES string of the molecule is O=C(NS(=O)(=O)CCC(F)(F)F)c1ccc(N2CCN(C(=O)c3ccc(-c4cccc(O)c4)c4ccccc34)CC2)nn1. The third kappa shape index (κ3) is 7.02. The lowest BCUT2D eigenvalue weighted by Gasteiger charge is -2.35. The second-order valence-electron chi connectivity index (χ2n) is 9.93. The van der Waals surface area contributed by atoms with Gasteiger partial charge in [-0.15, -0.1) is 10.2 Å². The van der Waals surface area contributed by atoms with Crippen molar-refractivity contribution in [3.63, 3.8) is 0 Å². The Balaban J connectivity index is 1.23. The van der Waals surface area contributed by atoms with Gasteiger partial charge in [0.05, 0.1) is 12.2 Å². The highest BCUT2D eigenvalue weighted by atomic mass is 32.2. The fraction of sp³-hybridized carbons (Fsp3) is 0.241. The molecule has 43 heavy (non-hydrogen) atoms. The number of benzene rings is 3. The van der Waals surface area contributed by atoms with Crippen molar-refractivity contribution in [1.29, 1.82) is 0 Å². The predicted molar refractivity (Wildman–Crippen MR) is 153 cm³/mol. The number of piperazine rings is 1. The number of anilines is 1. The van der Waals surface area contributed by atoms with E-state index in [4.69, 9.17) is 0 Å². The van der Waals surface area contributed by atoms with Crippen molar-refractivity contribution in [2.45, 2.75) is 12.6 Å². The first kappa shape index (κ1) is 29.8. The van der Waals surface area contributed by atoms with Gasteiger partial charge in [0.15, 0.2) is 11.5 Å². The van der Waals surface area contributed by atoms with Crippen LogP contribution in [0.25, 0.3) is 21.9 Å². The molecule has 0 saturated carbocycles. The number of nitrogens with one attached hydrogen (secondary N) is 1. The first-order valence-corrected chi connectivity index (χ1v) is 14.9. The molecule has 1 saturated heterocycles. The number of carbonyl (C=O) groups is 2. The Morgan fingerprint density at radius 2 is 1.60 bits per heavy atom. The number of aromatic nitrogens is 2. The summed E-state index contributed by atoms with van der Waals surface area (Å²) in [6.45, 7) is 1.58. The van der Waals surface area contributed by atoms with E-state index in [2.05, 4.69) is 10.2 Å². The van der Waals surface area contributed by atoms with E-state index in [1.165, 1.54) is 12.1 Å². The number of rotatable bonds is 7. The number of aromatic hydroxyl groups is 1. The van der Waals surface area contributed by atoms with E-state index >= 15 is 0 Å². The van der Waals surface area contributed by atoms with Crippen LogP contribution in [0.4, 0.5) is 19.0 Å². The Hall–Kier alpha value is -4.72. The third-order valence-electron chi connectivity index (χ3n) is 6.99. The van der Waals surface area contributed by atoms with Gasteiger partial charge in [-0.1, -0.05) is 42.5 Å². The molecular formula is C29H26F3N5O5S. The molecule has 0 aliphatic carbocycles. The summed E-state index contributed by atoms with van der Waals surface area (Å²) >= 11 is 0. The molecule has 1 aromatic heterocycles. The number of hydrogen-bond acceptors (Lipinski definition) is 8. The molecule has 0 bridgehead atoms. The standard InChI is InChI=1S/C29H26F3N5O5S/c30-29(31,32)12-17-43(41,42)35-27(39)25-10-11-26(34-33-25)36-13-15-37(16-14-36)28(40)24-9-8-21(19-4-3-5-20(38)18-19)22-6-1-2-7-23(22)24/h1-11,18,38H,12-17H2,(H,35,39). The van der Waals surface area contributed by atoms with Crippen molar-refractivity contribution in [1.82, 2.24) is 19.8 Å². The highest BCUT2D eigenvalue weighted by Crippen LogP contribution is 2.33. The molecule has 224 valence electrons.